The highest BCUT2D eigenvalue weighted by atomic mass is 32.1. The van der Waals surface area contributed by atoms with Crippen molar-refractivity contribution in [1.82, 2.24) is 20.0 Å². The molecule has 0 aliphatic carbocycles. The smallest absolute Gasteiger partial charge is 0.257 e. The molecule has 0 spiro atoms. The first kappa shape index (κ1) is 15.2. The van der Waals surface area contributed by atoms with Crippen molar-refractivity contribution in [2.24, 2.45) is 5.92 Å². The summed E-state index contributed by atoms with van der Waals surface area (Å²) in [4.78, 5) is 16.9. The highest BCUT2D eigenvalue weighted by Crippen LogP contribution is 2.24. The lowest BCUT2D eigenvalue weighted by atomic mass is 9.95. The van der Waals surface area contributed by atoms with Crippen molar-refractivity contribution >= 4 is 17.2 Å². The van der Waals surface area contributed by atoms with Gasteiger partial charge in [0.2, 0.25) is 11.8 Å². The lowest BCUT2D eigenvalue weighted by Crippen LogP contribution is -2.39. The molecule has 0 atom stereocenters. The number of thiophene rings is 1. The van der Waals surface area contributed by atoms with Gasteiger partial charge >= 0.3 is 0 Å². The van der Waals surface area contributed by atoms with Gasteiger partial charge in [0, 0.05) is 20.0 Å². The molecule has 7 heteroatoms. The molecular formula is C15H20N4O2S. The highest BCUT2D eigenvalue weighted by molar-refractivity contribution is 7.13. The Kier molecular flexibility index (Phi) is 4.54. The first-order chi connectivity index (χ1) is 10.6. The number of carbonyl (C=O) groups is 1. The summed E-state index contributed by atoms with van der Waals surface area (Å²) >= 11 is 1.59. The monoisotopic (exact) mass is 320 g/mol. The molecule has 1 saturated heterocycles. The molecule has 1 fully saturated rings. The summed E-state index contributed by atoms with van der Waals surface area (Å²) in [5, 5.41) is 10.2. The van der Waals surface area contributed by atoms with Crippen LogP contribution in [0.25, 0.3) is 10.8 Å². The third kappa shape index (κ3) is 3.36. The fourth-order valence-electron chi connectivity index (χ4n) is 2.71. The lowest BCUT2D eigenvalue weighted by Gasteiger charge is -2.31. The van der Waals surface area contributed by atoms with E-state index in [4.69, 9.17) is 4.42 Å². The van der Waals surface area contributed by atoms with E-state index in [1.54, 1.807) is 16.2 Å². The number of rotatable bonds is 4. The normalized spacial score (nSPS) is 16.8. The second-order valence-corrected chi connectivity index (χ2v) is 6.71. The van der Waals surface area contributed by atoms with Gasteiger partial charge in [-0.05, 0) is 37.4 Å². The number of nitrogens with zero attached hydrogens (tertiary/aromatic N) is 4. The van der Waals surface area contributed by atoms with E-state index in [0.29, 0.717) is 18.3 Å². The molecule has 1 amide bonds. The lowest BCUT2D eigenvalue weighted by molar-refractivity contribution is -0.134. The van der Waals surface area contributed by atoms with Crippen LogP contribution in [0, 0.1) is 5.92 Å². The molecule has 2 aromatic rings. The van der Waals surface area contributed by atoms with Crippen molar-refractivity contribution < 1.29 is 9.21 Å². The molecule has 3 heterocycles. The van der Waals surface area contributed by atoms with Crippen LogP contribution < -0.4 is 0 Å². The molecule has 118 valence electrons. The molecule has 2 aromatic heterocycles. The van der Waals surface area contributed by atoms with Gasteiger partial charge in [0.25, 0.3) is 5.89 Å². The largest absolute Gasteiger partial charge is 0.419 e. The summed E-state index contributed by atoms with van der Waals surface area (Å²) in [6.07, 6.45) is 1.78. The quantitative estimate of drug-likeness (QED) is 0.863. The van der Waals surface area contributed by atoms with E-state index in [1.807, 2.05) is 31.6 Å². The number of hydrogen-bond donors (Lipinski definition) is 0. The fraction of sp³-hybridized carbons (Fsp3) is 0.533. The predicted octanol–water partition coefficient (Wildman–Crippen LogP) is 2.10. The summed E-state index contributed by atoms with van der Waals surface area (Å²) in [6, 6.07) is 3.94. The number of carbonyl (C=O) groups excluding carboxylic acids is 1. The Bertz CT molecular complexity index is 615. The minimum atomic E-state index is 0.149. The van der Waals surface area contributed by atoms with Gasteiger partial charge in [0.15, 0.2) is 0 Å². The van der Waals surface area contributed by atoms with E-state index in [0.717, 1.165) is 30.8 Å². The van der Waals surface area contributed by atoms with Gasteiger partial charge in [-0.15, -0.1) is 21.5 Å². The fourth-order valence-corrected chi connectivity index (χ4v) is 3.36. The van der Waals surface area contributed by atoms with Crippen LogP contribution in [0.2, 0.25) is 0 Å². The zero-order chi connectivity index (χ0) is 15.5. The molecule has 1 aliphatic rings. The van der Waals surface area contributed by atoms with Crippen molar-refractivity contribution in [2.75, 3.05) is 27.2 Å². The molecule has 6 nitrogen and oxygen atoms in total. The van der Waals surface area contributed by atoms with Gasteiger partial charge in [-0.1, -0.05) is 6.07 Å². The maximum atomic E-state index is 12.0. The molecule has 0 N–H and O–H groups in total. The molecule has 3 rings (SSSR count). The standard InChI is InChI=1S/C15H20N4O2S/c1-18(2)15(20)11-5-7-19(8-6-11)10-13-16-17-14(21-13)12-4-3-9-22-12/h3-4,9,11H,5-8,10H2,1-2H3. The van der Waals surface area contributed by atoms with E-state index in [1.165, 1.54) is 0 Å². The average Bonchev–Trinajstić information content (AvgIpc) is 3.18. The molecule has 1 aliphatic heterocycles. The Hall–Kier alpha value is -1.73. The molecule has 22 heavy (non-hydrogen) atoms. The van der Waals surface area contributed by atoms with Crippen LogP contribution in [-0.2, 0) is 11.3 Å². The van der Waals surface area contributed by atoms with Crippen molar-refractivity contribution in [3.8, 4) is 10.8 Å². The number of amides is 1. The van der Waals surface area contributed by atoms with E-state index in [9.17, 15) is 4.79 Å². The van der Waals surface area contributed by atoms with Gasteiger partial charge in [-0.3, -0.25) is 9.69 Å². The minimum absolute atomic E-state index is 0.149. The van der Waals surface area contributed by atoms with Gasteiger partial charge in [-0.2, -0.15) is 0 Å². The van der Waals surface area contributed by atoms with Crippen LogP contribution in [0.4, 0.5) is 0 Å². The van der Waals surface area contributed by atoms with Crippen LogP contribution in [0.5, 0.6) is 0 Å². The van der Waals surface area contributed by atoms with Crippen molar-refractivity contribution in [3.63, 3.8) is 0 Å². The zero-order valence-electron chi connectivity index (χ0n) is 12.9. The number of hydrogen-bond acceptors (Lipinski definition) is 6. The van der Waals surface area contributed by atoms with Gasteiger partial charge in [0.05, 0.1) is 11.4 Å². The summed E-state index contributed by atoms with van der Waals surface area (Å²) < 4.78 is 5.71. The predicted molar refractivity (Wildman–Crippen MR) is 84.3 cm³/mol. The summed E-state index contributed by atoms with van der Waals surface area (Å²) in [6.45, 7) is 2.43. The second kappa shape index (κ2) is 6.58. The average molecular weight is 320 g/mol. The van der Waals surface area contributed by atoms with E-state index < -0.39 is 0 Å². The molecule has 0 saturated carbocycles. The van der Waals surface area contributed by atoms with Crippen molar-refractivity contribution in [2.45, 2.75) is 19.4 Å². The van der Waals surface area contributed by atoms with Crippen LogP contribution in [0.1, 0.15) is 18.7 Å². The summed E-state index contributed by atoms with van der Waals surface area (Å²) in [5.74, 6) is 1.61. The topological polar surface area (TPSA) is 62.5 Å². The molecule has 0 unspecified atom stereocenters. The second-order valence-electron chi connectivity index (χ2n) is 5.76. The third-order valence-corrected chi connectivity index (χ3v) is 4.79. The van der Waals surface area contributed by atoms with Gasteiger partial charge in [0.1, 0.15) is 0 Å². The first-order valence-corrected chi connectivity index (χ1v) is 8.31. The number of piperidine rings is 1. The summed E-state index contributed by atoms with van der Waals surface area (Å²) in [7, 11) is 3.64. The third-order valence-electron chi connectivity index (χ3n) is 3.94. The Balaban J connectivity index is 1.54. The van der Waals surface area contributed by atoms with Crippen LogP contribution in [0.3, 0.4) is 0 Å². The highest BCUT2D eigenvalue weighted by Gasteiger charge is 2.26. The van der Waals surface area contributed by atoms with E-state index in [2.05, 4.69) is 15.1 Å². The van der Waals surface area contributed by atoms with Crippen LogP contribution in [-0.4, -0.2) is 53.1 Å². The van der Waals surface area contributed by atoms with Crippen LogP contribution in [0.15, 0.2) is 21.9 Å². The maximum absolute atomic E-state index is 12.0. The molecule has 0 radical (unpaired) electrons. The minimum Gasteiger partial charge on any atom is -0.419 e. The van der Waals surface area contributed by atoms with Crippen molar-refractivity contribution in [1.29, 1.82) is 0 Å². The maximum Gasteiger partial charge on any atom is 0.257 e. The Morgan fingerprint density at radius 2 is 2.18 bits per heavy atom. The zero-order valence-corrected chi connectivity index (χ0v) is 13.7. The SMILES string of the molecule is CN(C)C(=O)C1CCN(Cc2nnc(-c3cccs3)o2)CC1. The number of likely N-dealkylation sites (tertiary alicyclic amines) is 1. The van der Waals surface area contributed by atoms with E-state index in [-0.39, 0.29) is 11.8 Å². The molecule has 0 aromatic carbocycles. The number of aromatic nitrogens is 2. The molecule has 0 bridgehead atoms. The van der Waals surface area contributed by atoms with E-state index >= 15 is 0 Å². The Morgan fingerprint density at radius 1 is 1.41 bits per heavy atom. The van der Waals surface area contributed by atoms with Crippen molar-refractivity contribution in [3.05, 3.63) is 23.4 Å². The summed E-state index contributed by atoms with van der Waals surface area (Å²) in [5.41, 5.74) is 0. The Labute approximate surface area is 133 Å². The van der Waals surface area contributed by atoms with Gasteiger partial charge in [-0.25, -0.2) is 0 Å². The molecular weight excluding hydrogens is 300 g/mol. The first-order valence-electron chi connectivity index (χ1n) is 7.43. The van der Waals surface area contributed by atoms with Crippen LogP contribution >= 0.6 is 11.3 Å². The Morgan fingerprint density at radius 3 is 2.82 bits per heavy atom. The van der Waals surface area contributed by atoms with Gasteiger partial charge < -0.3 is 9.32 Å².